The standard InChI is InChI=1S/C18H22FN3O2/c1-13(21-17(23)18(12-24-2)8-5-9-18)14-10-20-22(11-14)16-7-4-3-6-15(16)19/h3-4,6-7,10-11,13H,5,8-9,12H2,1-2H3,(H,21,23)/t13-/m0/s1. The Hall–Kier alpha value is -2.21. The summed E-state index contributed by atoms with van der Waals surface area (Å²) in [6.07, 6.45) is 6.16. The molecule has 1 amide bonds. The fourth-order valence-corrected chi connectivity index (χ4v) is 3.08. The highest BCUT2D eigenvalue weighted by Gasteiger charge is 2.44. The van der Waals surface area contributed by atoms with Crippen molar-refractivity contribution in [3.05, 3.63) is 48.0 Å². The molecule has 1 aliphatic rings. The molecule has 3 rings (SSSR count). The molecular weight excluding hydrogens is 309 g/mol. The highest BCUT2D eigenvalue weighted by Crippen LogP contribution is 2.41. The number of aromatic nitrogens is 2. The van der Waals surface area contributed by atoms with Crippen LogP contribution in [-0.2, 0) is 9.53 Å². The summed E-state index contributed by atoms with van der Waals surface area (Å²) in [4.78, 5) is 12.6. The molecule has 0 unspecified atom stereocenters. The second-order valence-corrected chi connectivity index (χ2v) is 6.43. The van der Waals surface area contributed by atoms with Gasteiger partial charge in [-0.05, 0) is 31.9 Å². The molecule has 128 valence electrons. The van der Waals surface area contributed by atoms with E-state index in [2.05, 4.69) is 10.4 Å². The third-order valence-electron chi connectivity index (χ3n) is 4.76. The van der Waals surface area contributed by atoms with Crippen molar-refractivity contribution in [2.24, 2.45) is 5.41 Å². The number of hydrogen-bond donors (Lipinski definition) is 1. The van der Waals surface area contributed by atoms with Crippen LogP contribution in [0.5, 0.6) is 0 Å². The van der Waals surface area contributed by atoms with Crippen LogP contribution in [0.15, 0.2) is 36.7 Å². The molecule has 5 nitrogen and oxygen atoms in total. The van der Waals surface area contributed by atoms with Crippen molar-refractivity contribution in [2.75, 3.05) is 13.7 Å². The van der Waals surface area contributed by atoms with Gasteiger partial charge in [0.1, 0.15) is 11.5 Å². The van der Waals surface area contributed by atoms with Crippen molar-refractivity contribution in [1.82, 2.24) is 15.1 Å². The molecular formula is C18H22FN3O2. The zero-order valence-electron chi connectivity index (χ0n) is 14.0. The van der Waals surface area contributed by atoms with Gasteiger partial charge in [0.2, 0.25) is 5.91 Å². The van der Waals surface area contributed by atoms with E-state index in [1.165, 1.54) is 10.7 Å². The number of para-hydroxylation sites is 1. The number of carbonyl (C=O) groups excluding carboxylic acids is 1. The Morgan fingerprint density at radius 1 is 1.46 bits per heavy atom. The lowest BCUT2D eigenvalue weighted by Gasteiger charge is -2.40. The minimum absolute atomic E-state index is 0.0155. The van der Waals surface area contributed by atoms with Crippen LogP contribution in [0.3, 0.4) is 0 Å². The molecule has 0 saturated heterocycles. The maximum atomic E-state index is 13.8. The lowest BCUT2D eigenvalue weighted by molar-refractivity contribution is -0.141. The Labute approximate surface area is 140 Å². The van der Waals surface area contributed by atoms with Gasteiger partial charge < -0.3 is 10.1 Å². The van der Waals surface area contributed by atoms with E-state index in [1.807, 2.05) is 6.92 Å². The number of halogens is 1. The van der Waals surface area contributed by atoms with E-state index in [-0.39, 0.29) is 17.8 Å². The van der Waals surface area contributed by atoms with Crippen LogP contribution >= 0.6 is 0 Å². The quantitative estimate of drug-likeness (QED) is 0.885. The van der Waals surface area contributed by atoms with E-state index in [0.29, 0.717) is 12.3 Å². The van der Waals surface area contributed by atoms with E-state index >= 15 is 0 Å². The molecule has 0 bridgehead atoms. The number of methoxy groups -OCH3 is 1. The summed E-state index contributed by atoms with van der Waals surface area (Å²) in [6, 6.07) is 6.26. The first-order valence-corrected chi connectivity index (χ1v) is 8.15. The molecule has 1 atom stereocenters. The number of rotatable bonds is 6. The SMILES string of the molecule is COCC1(C(=O)N[C@@H](C)c2cnn(-c3ccccc3F)c2)CCC1. The predicted octanol–water partition coefficient (Wildman–Crippen LogP) is 3.01. The maximum Gasteiger partial charge on any atom is 0.229 e. The molecule has 2 aromatic rings. The Morgan fingerprint density at radius 3 is 2.83 bits per heavy atom. The summed E-state index contributed by atoms with van der Waals surface area (Å²) in [5, 5.41) is 7.25. The second-order valence-electron chi connectivity index (χ2n) is 6.43. The summed E-state index contributed by atoms with van der Waals surface area (Å²) >= 11 is 0. The number of nitrogens with one attached hydrogen (secondary N) is 1. The van der Waals surface area contributed by atoms with Crippen LogP contribution in [0.1, 0.15) is 37.8 Å². The summed E-state index contributed by atoms with van der Waals surface area (Å²) in [5.74, 6) is -0.320. The average Bonchev–Trinajstić information content (AvgIpc) is 3.01. The van der Waals surface area contributed by atoms with E-state index in [9.17, 15) is 9.18 Å². The Bertz CT molecular complexity index is 725. The molecule has 6 heteroatoms. The van der Waals surface area contributed by atoms with Crippen LogP contribution in [0.25, 0.3) is 5.69 Å². The van der Waals surface area contributed by atoms with E-state index < -0.39 is 5.41 Å². The monoisotopic (exact) mass is 331 g/mol. The van der Waals surface area contributed by atoms with Gasteiger partial charge in [-0.25, -0.2) is 9.07 Å². The zero-order chi connectivity index (χ0) is 17.2. The van der Waals surface area contributed by atoms with Gasteiger partial charge in [0.15, 0.2) is 0 Å². The minimum atomic E-state index is -0.398. The highest BCUT2D eigenvalue weighted by atomic mass is 19.1. The van der Waals surface area contributed by atoms with Gasteiger partial charge in [0.25, 0.3) is 0 Å². The Morgan fingerprint density at radius 2 is 2.21 bits per heavy atom. The van der Waals surface area contributed by atoms with Crippen LogP contribution in [-0.4, -0.2) is 29.4 Å². The highest BCUT2D eigenvalue weighted by molar-refractivity contribution is 5.84. The van der Waals surface area contributed by atoms with Crippen molar-refractivity contribution >= 4 is 5.91 Å². The number of amides is 1. The average molecular weight is 331 g/mol. The third-order valence-corrected chi connectivity index (χ3v) is 4.76. The predicted molar refractivity (Wildman–Crippen MR) is 88.2 cm³/mol. The maximum absolute atomic E-state index is 13.8. The second kappa shape index (κ2) is 6.73. The summed E-state index contributed by atoms with van der Waals surface area (Å²) in [6.45, 7) is 2.35. The third kappa shape index (κ3) is 3.06. The van der Waals surface area contributed by atoms with Crippen molar-refractivity contribution in [3.8, 4) is 5.69 Å². The molecule has 0 spiro atoms. The number of benzene rings is 1. The first-order chi connectivity index (χ1) is 11.6. The van der Waals surface area contributed by atoms with Crippen molar-refractivity contribution in [3.63, 3.8) is 0 Å². The van der Waals surface area contributed by atoms with Crippen molar-refractivity contribution < 1.29 is 13.9 Å². The number of hydrogen-bond acceptors (Lipinski definition) is 3. The number of carbonyl (C=O) groups is 1. The largest absolute Gasteiger partial charge is 0.384 e. The van der Waals surface area contributed by atoms with Crippen molar-refractivity contribution in [1.29, 1.82) is 0 Å². The Balaban J connectivity index is 1.71. The lowest BCUT2D eigenvalue weighted by Crippen LogP contribution is -2.49. The fourth-order valence-electron chi connectivity index (χ4n) is 3.08. The van der Waals surface area contributed by atoms with Gasteiger partial charge in [-0.2, -0.15) is 5.10 Å². The van der Waals surface area contributed by atoms with Crippen LogP contribution < -0.4 is 5.32 Å². The van der Waals surface area contributed by atoms with Gasteiger partial charge in [0, 0.05) is 18.9 Å². The lowest BCUT2D eigenvalue weighted by atomic mass is 9.68. The normalized spacial score (nSPS) is 17.1. The smallest absolute Gasteiger partial charge is 0.229 e. The molecule has 0 aliphatic heterocycles. The molecule has 0 radical (unpaired) electrons. The van der Waals surface area contributed by atoms with Crippen molar-refractivity contribution in [2.45, 2.75) is 32.2 Å². The van der Waals surface area contributed by atoms with Crippen LogP contribution in [0, 0.1) is 11.2 Å². The molecule has 24 heavy (non-hydrogen) atoms. The first-order valence-electron chi connectivity index (χ1n) is 8.15. The topological polar surface area (TPSA) is 56.1 Å². The summed E-state index contributed by atoms with van der Waals surface area (Å²) in [7, 11) is 1.62. The Kier molecular flexibility index (Phi) is 4.66. The van der Waals surface area contributed by atoms with E-state index in [4.69, 9.17) is 4.74 Å². The van der Waals surface area contributed by atoms with Gasteiger partial charge >= 0.3 is 0 Å². The van der Waals surface area contributed by atoms with Gasteiger partial charge in [-0.3, -0.25) is 4.79 Å². The molecule has 1 aliphatic carbocycles. The molecule has 1 aromatic carbocycles. The molecule has 1 fully saturated rings. The van der Waals surface area contributed by atoms with E-state index in [1.54, 1.807) is 37.7 Å². The number of ether oxygens (including phenoxy) is 1. The number of nitrogens with zero attached hydrogens (tertiary/aromatic N) is 2. The first kappa shape index (κ1) is 16.6. The fraction of sp³-hybridized carbons (Fsp3) is 0.444. The van der Waals surface area contributed by atoms with Gasteiger partial charge in [0.05, 0.1) is 24.3 Å². The molecule has 1 N–H and O–H groups in total. The molecule has 1 aromatic heterocycles. The van der Waals surface area contributed by atoms with Crippen LogP contribution in [0.2, 0.25) is 0 Å². The van der Waals surface area contributed by atoms with Gasteiger partial charge in [-0.15, -0.1) is 0 Å². The van der Waals surface area contributed by atoms with Gasteiger partial charge in [-0.1, -0.05) is 18.6 Å². The summed E-state index contributed by atoms with van der Waals surface area (Å²) < 4.78 is 20.5. The minimum Gasteiger partial charge on any atom is -0.384 e. The molecule has 1 heterocycles. The molecule has 1 saturated carbocycles. The summed E-state index contributed by atoms with van der Waals surface area (Å²) in [5.41, 5.74) is 0.820. The van der Waals surface area contributed by atoms with Crippen LogP contribution in [0.4, 0.5) is 4.39 Å². The zero-order valence-corrected chi connectivity index (χ0v) is 14.0. The van der Waals surface area contributed by atoms with E-state index in [0.717, 1.165) is 24.8 Å².